The van der Waals surface area contributed by atoms with Crippen LogP contribution in [0.4, 0.5) is 4.39 Å². The number of hydrogen-bond acceptors (Lipinski definition) is 2. The van der Waals surface area contributed by atoms with Crippen molar-refractivity contribution in [2.75, 3.05) is 0 Å². The number of fused-ring (bicyclic) bond motifs is 1. The molecule has 1 heterocycles. The first-order chi connectivity index (χ1) is 11.0. The highest BCUT2D eigenvalue weighted by atomic mass is 19.1. The van der Waals surface area contributed by atoms with E-state index < -0.39 is 0 Å². The van der Waals surface area contributed by atoms with Gasteiger partial charge in [0.05, 0.1) is 0 Å². The quantitative estimate of drug-likeness (QED) is 0.859. The highest BCUT2D eigenvalue weighted by Crippen LogP contribution is 2.26. The van der Waals surface area contributed by atoms with Gasteiger partial charge >= 0.3 is 0 Å². The fraction of sp³-hybridized carbons (Fsp3) is 0.368. The Kier molecular flexibility index (Phi) is 4.16. The molecule has 1 atom stereocenters. The van der Waals surface area contributed by atoms with Crippen LogP contribution in [0.15, 0.2) is 35.1 Å². The average Bonchev–Trinajstić information content (AvgIpc) is 2.55. The molecule has 0 N–H and O–H groups in total. The summed E-state index contributed by atoms with van der Waals surface area (Å²) in [6.45, 7) is 4.01. The average molecular weight is 313 g/mol. The standard InChI is InChI=1S/C19H20FNO2/c1-3-12(2)15-11-16-17(5-4-6-18(16)22)21(19(15)23)14-9-7-13(20)8-10-14/h7-12H,3-6H2,1-2H3. The molecule has 3 nitrogen and oxygen atoms in total. The van der Waals surface area contributed by atoms with Gasteiger partial charge < -0.3 is 0 Å². The van der Waals surface area contributed by atoms with Gasteiger partial charge in [-0.05, 0) is 55.5 Å². The van der Waals surface area contributed by atoms with E-state index in [1.807, 2.05) is 13.8 Å². The highest BCUT2D eigenvalue weighted by Gasteiger charge is 2.25. The molecule has 0 aliphatic heterocycles. The minimum Gasteiger partial charge on any atom is -0.294 e. The number of carbonyl (C=O) groups excluding carboxylic acids is 1. The second-order valence-corrected chi connectivity index (χ2v) is 6.16. The number of carbonyl (C=O) groups is 1. The van der Waals surface area contributed by atoms with Crippen molar-refractivity contribution in [1.29, 1.82) is 0 Å². The van der Waals surface area contributed by atoms with E-state index >= 15 is 0 Å². The normalized spacial score (nSPS) is 15.3. The van der Waals surface area contributed by atoms with Crippen molar-refractivity contribution in [2.45, 2.75) is 45.4 Å². The molecule has 23 heavy (non-hydrogen) atoms. The molecule has 1 aliphatic carbocycles. The Labute approximate surface area is 134 Å². The van der Waals surface area contributed by atoms with Crippen molar-refractivity contribution < 1.29 is 9.18 Å². The lowest BCUT2D eigenvalue weighted by molar-refractivity contribution is 0.0970. The summed E-state index contributed by atoms with van der Waals surface area (Å²) in [5, 5.41) is 0. The number of benzene rings is 1. The first-order valence-corrected chi connectivity index (χ1v) is 8.11. The zero-order chi connectivity index (χ0) is 16.6. The fourth-order valence-electron chi connectivity index (χ4n) is 3.15. The molecule has 0 amide bonds. The van der Waals surface area contributed by atoms with Gasteiger partial charge in [0.25, 0.3) is 5.56 Å². The Bertz CT molecular complexity index is 805. The molecule has 0 fully saturated rings. The van der Waals surface area contributed by atoms with Crippen LogP contribution in [0.2, 0.25) is 0 Å². The van der Waals surface area contributed by atoms with Gasteiger partial charge in [-0.1, -0.05) is 13.8 Å². The van der Waals surface area contributed by atoms with Crippen LogP contribution < -0.4 is 5.56 Å². The number of hydrogen-bond donors (Lipinski definition) is 0. The van der Waals surface area contributed by atoms with Gasteiger partial charge in [-0.3, -0.25) is 14.2 Å². The molecule has 1 aliphatic rings. The molecule has 1 aromatic heterocycles. The summed E-state index contributed by atoms with van der Waals surface area (Å²) in [6.07, 6.45) is 2.78. The fourth-order valence-corrected chi connectivity index (χ4v) is 3.15. The van der Waals surface area contributed by atoms with Crippen molar-refractivity contribution >= 4 is 5.78 Å². The van der Waals surface area contributed by atoms with E-state index in [2.05, 4.69) is 0 Å². The largest absolute Gasteiger partial charge is 0.294 e. The van der Waals surface area contributed by atoms with Crippen LogP contribution in [-0.4, -0.2) is 10.4 Å². The highest BCUT2D eigenvalue weighted by molar-refractivity contribution is 5.98. The lowest BCUT2D eigenvalue weighted by Gasteiger charge is -2.23. The molecule has 0 saturated carbocycles. The van der Waals surface area contributed by atoms with Crippen molar-refractivity contribution in [3.05, 3.63) is 63.3 Å². The van der Waals surface area contributed by atoms with Crippen LogP contribution in [0.1, 0.15) is 60.6 Å². The van der Waals surface area contributed by atoms with Gasteiger partial charge in [0.2, 0.25) is 0 Å². The van der Waals surface area contributed by atoms with E-state index in [-0.39, 0.29) is 23.1 Å². The van der Waals surface area contributed by atoms with E-state index in [0.717, 1.165) is 18.5 Å². The van der Waals surface area contributed by atoms with E-state index in [1.165, 1.54) is 12.1 Å². The number of nitrogens with zero attached hydrogens (tertiary/aromatic N) is 1. The van der Waals surface area contributed by atoms with E-state index in [4.69, 9.17) is 0 Å². The lowest BCUT2D eigenvalue weighted by atomic mass is 9.90. The van der Waals surface area contributed by atoms with Gasteiger partial charge in [-0.2, -0.15) is 0 Å². The van der Waals surface area contributed by atoms with Crippen molar-refractivity contribution in [1.82, 2.24) is 4.57 Å². The molecule has 3 rings (SSSR count). The zero-order valence-electron chi connectivity index (χ0n) is 13.4. The van der Waals surface area contributed by atoms with Gasteiger partial charge in [0, 0.05) is 28.9 Å². The summed E-state index contributed by atoms with van der Waals surface area (Å²) in [6, 6.07) is 7.66. The molecule has 0 spiro atoms. The third-order valence-electron chi connectivity index (χ3n) is 4.68. The Morgan fingerprint density at radius 1 is 1.17 bits per heavy atom. The third-order valence-corrected chi connectivity index (χ3v) is 4.68. The maximum atomic E-state index is 13.2. The van der Waals surface area contributed by atoms with Crippen LogP contribution >= 0.6 is 0 Å². The third kappa shape index (κ3) is 2.74. The van der Waals surface area contributed by atoms with Crippen molar-refractivity contribution in [2.24, 2.45) is 0 Å². The number of pyridine rings is 1. The van der Waals surface area contributed by atoms with Gasteiger partial charge in [-0.15, -0.1) is 0 Å². The van der Waals surface area contributed by atoms with E-state index in [9.17, 15) is 14.0 Å². The topological polar surface area (TPSA) is 39.1 Å². The number of halogens is 1. The van der Waals surface area contributed by atoms with Crippen LogP contribution in [0.3, 0.4) is 0 Å². The minimum absolute atomic E-state index is 0.0780. The lowest BCUT2D eigenvalue weighted by Crippen LogP contribution is -2.30. The number of ketones is 1. The van der Waals surface area contributed by atoms with Gasteiger partial charge in [0.15, 0.2) is 5.78 Å². The summed E-state index contributed by atoms with van der Waals surface area (Å²) in [5.41, 5.74) is 2.58. The molecule has 4 heteroatoms. The van der Waals surface area contributed by atoms with Crippen LogP contribution in [0.25, 0.3) is 5.69 Å². The van der Waals surface area contributed by atoms with Gasteiger partial charge in [-0.25, -0.2) is 4.39 Å². The zero-order valence-corrected chi connectivity index (χ0v) is 13.4. The van der Waals surface area contributed by atoms with Gasteiger partial charge in [0.1, 0.15) is 5.82 Å². The number of Topliss-reactive ketones (excluding diaryl/α,β-unsaturated/α-hetero) is 1. The summed E-state index contributed by atoms with van der Waals surface area (Å²) in [5.74, 6) is -0.175. The molecule has 1 unspecified atom stereocenters. The Morgan fingerprint density at radius 2 is 1.87 bits per heavy atom. The number of aromatic nitrogens is 1. The second kappa shape index (κ2) is 6.11. The second-order valence-electron chi connectivity index (χ2n) is 6.16. The van der Waals surface area contributed by atoms with E-state index in [0.29, 0.717) is 29.7 Å². The van der Waals surface area contributed by atoms with Crippen LogP contribution in [0, 0.1) is 5.82 Å². The summed E-state index contributed by atoms with van der Waals surface area (Å²) < 4.78 is 14.8. The number of rotatable bonds is 3. The molecular weight excluding hydrogens is 293 g/mol. The van der Waals surface area contributed by atoms with E-state index in [1.54, 1.807) is 22.8 Å². The van der Waals surface area contributed by atoms with Crippen LogP contribution in [0.5, 0.6) is 0 Å². The Morgan fingerprint density at radius 3 is 2.52 bits per heavy atom. The molecule has 1 aromatic carbocycles. The Balaban J connectivity index is 2.32. The summed E-state index contributed by atoms with van der Waals surface area (Å²) in [4.78, 5) is 25.3. The predicted molar refractivity (Wildman–Crippen MR) is 88.0 cm³/mol. The first kappa shape index (κ1) is 15.7. The SMILES string of the molecule is CCC(C)c1cc2c(n(-c3ccc(F)cc3)c1=O)CCCC2=O. The van der Waals surface area contributed by atoms with Crippen molar-refractivity contribution in [3.63, 3.8) is 0 Å². The monoisotopic (exact) mass is 313 g/mol. The first-order valence-electron chi connectivity index (χ1n) is 8.11. The minimum atomic E-state index is -0.343. The Hall–Kier alpha value is -2.23. The molecule has 120 valence electrons. The molecule has 0 radical (unpaired) electrons. The van der Waals surface area contributed by atoms with Crippen LogP contribution in [-0.2, 0) is 6.42 Å². The summed E-state index contributed by atoms with van der Waals surface area (Å²) in [7, 11) is 0. The smallest absolute Gasteiger partial charge is 0.258 e. The maximum absolute atomic E-state index is 13.2. The molecule has 0 saturated heterocycles. The summed E-state index contributed by atoms with van der Waals surface area (Å²) >= 11 is 0. The maximum Gasteiger partial charge on any atom is 0.258 e. The predicted octanol–water partition coefficient (Wildman–Crippen LogP) is 4.01. The van der Waals surface area contributed by atoms with Crippen molar-refractivity contribution in [3.8, 4) is 5.69 Å². The molecular formula is C19H20FNO2. The molecule has 2 aromatic rings. The molecule has 0 bridgehead atoms.